The van der Waals surface area contributed by atoms with E-state index in [2.05, 4.69) is 31.7 Å². The molecule has 0 bridgehead atoms. The molecule has 1 unspecified atom stereocenters. The molecule has 1 aliphatic rings. The van der Waals surface area contributed by atoms with Crippen LogP contribution in [0.5, 0.6) is 0 Å². The lowest BCUT2D eigenvalue weighted by Crippen LogP contribution is -2.44. The fourth-order valence-electron chi connectivity index (χ4n) is 3.50. The Morgan fingerprint density at radius 1 is 1.41 bits per heavy atom. The highest BCUT2D eigenvalue weighted by molar-refractivity contribution is 6.30. The summed E-state index contributed by atoms with van der Waals surface area (Å²) in [6.07, 6.45) is 3.03. The van der Waals surface area contributed by atoms with Crippen LogP contribution in [0.25, 0.3) is 0 Å². The van der Waals surface area contributed by atoms with Crippen molar-refractivity contribution < 1.29 is 4.52 Å². The standard InChI is InChI=1S/C20H28ClN5O/c1-14-19(15(2)27-25-14)8-5-10-23-20(22-3)24-17-9-11-26(13-17)18-7-4-6-16(21)12-18/h4,6-7,12,17H,5,8-11,13H2,1-3H3,(H2,22,23,24). The lowest BCUT2D eigenvalue weighted by atomic mass is 10.1. The maximum Gasteiger partial charge on any atom is 0.191 e. The molecule has 1 aromatic carbocycles. The fourth-order valence-corrected chi connectivity index (χ4v) is 3.69. The first-order valence-corrected chi connectivity index (χ1v) is 9.84. The molecule has 7 heteroatoms. The van der Waals surface area contributed by atoms with Gasteiger partial charge in [0.2, 0.25) is 0 Å². The summed E-state index contributed by atoms with van der Waals surface area (Å²) in [4.78, 5) is 6.71. The zero-order valence-electron chi connectivity index (χ0n) is 16.3. The molecule has 1 aromatic heterocycles. The van der Waals surface area contributed by atoms with Gasteiger partial charge in [0, 0.05) is 49.0 Å². The Labute approximate surface area is 166 Å². The van der Waals surface area contributed by atoms with E-state index in [1.165, 1.54) is 11.3 Å². The second-order valence-corrected chi connectivity index (χ2v) is 7.40. The van der Waals surface area contributed by atoms with Gasteiger partial charge >= 0.3 is 0 Å². The number of anilines is 1. The number of aromatic nitrogens is 1. The Hall–Kier alpha value is -2.21. The molecular weight excluding hydrogens is 362 g/mol. The normalized spacial score (nSPS) is 17.4. The predicted molar refractivity (Wildman–Crippen MR) is 111 cm³/mol. The maximum absolute atomic E-state index is 6.11. The first-order chi connectivity index (χ1) is 13.1. The Morgan fingerprint density at radius 2 is 2.26 bits per heavy atom. The van der Waals surface area contributed by atoms with Crippen molar-refractivity contribution in [1.82, 2.24) is 15.8 Å². The maximum atomic E-state index is 6.11. The Bertz CT molecular complexity index is 769. The third kappa shape index (κ3) is 5.16. The smallest absolute Gasteiger partial charge is 0.191 e. The molecule has 2 heterocycles. The van der Waals surface area contributed by atoms with Gasteiger partial charge in [0.05, 0.1) is 5.69 Å². The van der Waals surface area contributed by atoms with Crippen LogP contribution in [0.1, 0.15) is 29.9 Å². The van der Waals surface area contributed by atoms with E-state index in [0.717, 1.165) is 61.3 Å². The van der Waals surface area contributed by atoms with Gasteiger partial charge in [-0.2, -0.15) is 0 Å². The Kier molecular flexibility index (Phi) is 6.61. The summed E-state index contributed by atoms with van der Waals surface area (Å²) in [5, 5.41) is 11.7. The number of hydrogen-bond donors (Lipinski definition) is 2. The molecule has 1 fully saturated rings. The number of hydrogen-bond acceptors (Lipinski definition) is 4. The molecule has 2 aromatic rings. The van der Waals surface area contributed by atoms with Gasteiger partial charge in [0.1, 0.15) is 5.76 Å². The zero-order valence-corrected chi connectivity index (χ0v) is 17.0. The Balaban J connectivity index is 1.43. The van der Waals surface area contributed by atoms with Crippen LogP contribution >= 0.6 is 11.6 Å². The summed E-state index contributed by atoms with van der Waals surface area (Å²) >= 11 is 6.11. The third-order valence-electron chi connectivity index (χ3n) is 5.00. The highest BCUT2D eigenvalue weighted by atomic mass is 35.5. The molecule has 0 saturated carbocycles. The van der Waals surface area contributed by atoms with Crippen molar-refractivity contribution in [2.45, 2.75) is 39.2 Å². The van der Waals surface area contributed by atoms with Gasteiger partial charge in [-0.05, 0) is 51.3 Å². The second kappa shape index (κ2) is 9.13. The second-order valence-electron chi connectivity index (χ2n) is 6.96. The van der Waals surface area contributed by atoms with E-state index in [1.807, 2.05) is 39.1 Å². The minimum atomic E-state index is 0.373. The number of guanidine groups is 1. The van der Waals surface area contributed by atoms with Crippen molar-refractivity contribution in [3.05, 3.63) is 46.3 Å². The summed E-state index contributed by atoms with van der Waals surface area (Å²) in [5.74, 6) is 1.77. The molecule has 1 aliphatic heterocycles. The molecule has 0 aliphatic carbocycles. The molecule has 6 nitrogen and oxygen atoms in total. The molecule has 0 amide bonds. The van der Waals surface area contributed by atoms with E-state index in [0.29, 0.717) is 6.04 Å². The Morgan fingerprint density at radius 3 is 2.96 bits per heavy atom. The number of nitrogens with one attached hydrogen (secondary N) is 2. The zero-order chi connectivity index (χ0) is 19.2. The predicted octanol–water partition coefficient (Wildman–Crippen LogP) is 3.32. The van der Waals surface area contributed by atoms with Crippen molar-refractivity contribution in [3.63, 3.8) is 0 Å². The van der Waals surface area contributed by atoms with E-state index >= 15 is 0 Å². The first kappa shape index (κ1) is 19.5. The van der Waals surface area contributed by atoms with Crippen LogP contribution in [-0.4, -0.2) is 43.8 Å². The number of aliphatic imine (C=N–C) groups is 1. The molecular formula is C20H28ClN5O. The van der Waals surface area contributed by atoms with Gasteiger partial charge in [-0.15, -0.1) is 0 Å². The lowest BCUT2D eigenvalue weighted by molar-refractivity contribution is 0.392. The number of benzene rings is 1. The monoisotopic (exact) mass is 389 g/mol. The number of halogens is 1. The summed E-state index contributed by atoms with van der Waals surface area (Å²) in [6, 6.07) is 8.41. The van der Waals surface area contributed by atoms with E-state index in [9.17, 15) is 0 Å². The van der Waals surface area contributed by atoms with Gasteiger partial charge in [-0.1, -0.05) is 22.8 Å². The summed E-state index contributed by atoms with van der Waals surface area (Å²) < 4.78 is 5.22. The van der Waals surface area contributed by atoms with Gasteiger partial charge in [0.25, 0.3) is 0 Å². The highest BCUT2D eigenvalue weighted by Gasteiger charge is 2.23. The summed E-state index contributed by atoms with van der Waals surface area (Å²) in [7, 11) is 1.81. The molecule has 1 saturated heterocycles. The van der Waals surface area contributed by atoms with Crippen molar-refractivity contribution in [2.75, 3.05) is 31.6 Å². The quantitative estimate of drug-likeness (QED) is 0.450. The van der Waals surface area contributed by atoms with Crippen LogP contribution in [0.3, 0.4) is 0 Å². The van der Waals surface area contributed by atoms with Gasteiger partial charge in [-0.25, -0.2) is 0 Å². The minimum absolute atomic E-state index is 0.373. The number of aryl methyl sites for hydroxylation is 2. The molecule has 0 spiro atoms. The average molecular weight is 390 g/mol. The van der Waals surface area contributed by atoms with Gasteiger partial charge in [-0.3, -0.25) is 4.99 Å². The molecule has 3 rings (SSSR count). The van der Waals surface area contributed by atoms with Crippen molar-refractivity contribution in [3.8, 4) is 0 Å². The van der Waals surface area contributed by atoms with Gasteiger partial charge < -0.3 is 20.1 Å². The fraction of sp³-hybridized carbons (Fsp3) is 0.500. The molecule has 2 N–H and O–H groups in total. The highest BCUT2D eigenvalue weighted by Crippen LogP contribution is 2.23. The molecule has 27 heavy (non-hydrogen) atoms. The van der Waals surface area contributed by atoms with E-state index in [4.69, 9.17) is 16.1 Å². The van der Waals surface area contributed by atoms with E-state index in [-0.39, 0.29) is 0 Å². The minimum Gasteiger partial charge on any atom is -0.369 e. The SMILES string of the molecule is CN=C(NCCCc1c(C)noc1C)NC1CCN(c2cccc(Cl)c2)C1. The lowest BCUT2D eigenvalue weighted by Gasteiger charge is -2.20. The van der Waals surface area contributed by atoms with E-state index < -0.39 is 0 Å². The molecule has 146 valence electrons. The van der Waals surface area contributed by atoms with Crippen LogP contribution in [-0.2, 0) is 6.42 Å². The number of nitrogens with zero attached hydrogens (tertiary/aromatic N) is 3. The van der Waals surface area contributed by atoms with Crippen LogP contribution in [0.4, 0.5) is 5.69 Å². The first-order valence-electron chi connectivity index (χ1n) is 9.46. The summed E-state index contributed by atoms with van der Waals surface area (Å²) in [5.41, 5.74) is 3.38. The van der Waals surface area contributed by atoms with Crippen molar-refractivity contribution in [1.29, 1.82) is 0 Å². The van der Waals surface area contributed by atoms with Crippen LogP contribution in [0, 0.1) is 13.8 Å². The topological polar surface area (TPSA) is 65.7 Å². The van der Waals surface area contributed by atoms with Crippen molar-refractivity contribution in [2.24, 2.45) is 4.99 Å². The third-order valence-corrected chi connectivity index (χ3v) is 5.24. The van der Waals surface area contributed by atoms with Crippen LogP contribution in [0.2, 0.25) is 5.02 Å². The molecule has 0 radical (unpaired) electrons. The van der Waals surface area contributed by atoms with Crippen LogP contribution in [0.15, 0.2) is 33.8 Å². The molecule has 1 atom stereocenters. The number of rotatable bonds is 6. The van der Waals surface area contributed by atoms with E-state index in [1.54, 1.807) is 0 Å². The largest absolute Gasteiger partial charge is 0.369 e. The summed E-state index contributed by atoms with van der Waals surface area (Å²) in [6.45, 7) is 6.77. The average Bonchev–Trinajstić information content (AvgIpc) is 3.25. The van der Waals surface area contributed by atoms with Gasteiger partial charge in [0.15, 0.2) is 5.96 Å². The van der Waals surface area contributed by atoms with Crippen molar-refractivity contribution >= 4 is 23.2 Å². The van der Waals surface area contributed by atoms with Crippen LogP contribution < -0.4 is 15.5 Å².